The van der Waals surface area contributed by atoms with Crippen molar-refractivity contribution in [3.05, 3.63) is 35.7 Å². The first-order valence-electron chi connectivity index (χ1n) is 10.0. The molecule has 2 aliphatic rings. The molecule has 0 bridgehead atoms. The van der Waals surface area contributed by atoms with Gasteiger partial charge in [-0.1, -0.05) is 19.9 Å². The standard InChI is InChI=1S/C21H25F3N4O3/c1-12(26-16(30)6-7-21(22,23)24)19(31)27-17-13-5-4-9-25-18(13)28-10-8-20(2,3)15(28)11-14(17)29/h4-5,9,11-12,17H,6-8,10H2,1-3H3,(H,26,30)(H,27,31). The predicted molar refractivity (Wildman–Crippen MR) is 107 cm³/mol. The molecule has 10 heteroatoms. The van der Waals surface area contributed by atoms with E-state index in [1.807, 2.05) is 18.7 Å². The number of hydrogen-bond donors (Lipinski definition) is 2. The fourth-order valence-electron chi connectivity index (χ4n) is 3.78. The summed E-state index contributed by atoms with van der Waals surface area (Å²) < 4.78 is 36.8. The SMILES string of the molecule is CC(NC(=O)CCC(F)(F)F)C(=O)NC1C(=O)C=C2N(CCC2(C)C)c2ncccc21. The number of ketones is 1. The molecule has 2 aliphatic heterocycles. The number of halogens is 3. The second-order valence-electron chi connectivity index (χ2n) is 8.48. The van der Waals surface area contributed by atoms with Gasteiger partial charge >= 0.3 is 6.18 Å². The van der Waals surface area contributed by atoms with E-state index < -0.39 is 42.9 Å². The van der Waals surface area contributed by atoms with Crippen LogP contribution in [0, 0.1) is 5.41 Å². The highest BCUT2D eigenvalue weighted by molar-refractivity contribution is 6.01. The number of hydrogen-bond acceptors (Lipinski definition) is 5. The van der Waals surface area contributed by atoms with Gasteiger partial charge in [-0.2, -0.15) is 13.2 Å². The van der Waals surface area contributed by atoms with Crippen molar-refractivity contribution in [3.63, 3.8) is 0 Å². The molecule has 0 saturated carbocycles. The minimum Gasteiger partial charge on any atom is -0.345 e. The molecule has 1 aromatic rings. The van der Waals surface area contributed by atoms with Crippen molar-refractivity contribution >= 4 is 23.4 Å². The van der Waals surface area contributed by atoms with Crippen molar-refractivity contribution in [1.82, 2.24) is 15.6 Å². The van der Waals surface area contributed by atoms with Gasteiger partial charge in [-0.15, -0.1) is 0 Å². The number of pyridine rings is 1. The molecule has 0 aromatic carbocycles. The van der Waals surface area contributed by atoms with E-state index in [9.17, 15) is 27.6 Å². The molecule has 1 saturated heterocycles. The van der Waals surface area contributed by atoms with Crippen molar-refractivity contribution in [1.29, 1.82) is 0 Å². The van der Waals surface area contributed by atoms with E-state index in [0.29, 0.717) is 17.9 Å². The first kappa shape index (κ1) is 22.8. The highest BCUT2D eigenvalue weighted by atomic mass is 19.4. The molecule has 1 aromatic heterocycles. The molecular formula is C21H25F3N4O3. The van der Waals surface area contributed by atoms with E-state index >= 15 is 0 Å². The zero-order valence-corrected chi connectivity index (χ0v) is 17.5. The molecule has 2 unspecified atom stereocenters. The van der Waals surface area contributed by atoms with Crippen LogP contribution in [0.5, 0.6) is 0 Å². The van der Waals surface area contributed by atoms with Crippen LogP contribution in [0.4, 0.5) is 19.0 Å². The smallest absolute Gasteiger partial charge is 0.345 e. The molecule has 168 valence electrons. The molecule has 0 aliphatic carbocycles. The Morgan fingerprint density at radius 1 is 1.35 bits per heavy atom. The maximum Gasteiger partial charge on any atom is 0.389 e. The summed E-state index contributed by atoms with van der Waals surface area (Å²) in [7, 11) is 0. The average molecular weight is 438 g/mol. The number of carbonyl (C=O) groups is 3. The summed E-state index contributed by atoms with van der Waals surface area (Å²) in [5, 5.41) is 4.87. The first-order chi connectivity index (χ1) is 14.4. The molecule has 2 N–H and O–H groups in total. The number of alkyl halides is 3. The van der Waals surface area contributed by atoms with Crippen LogP contribution in [0.15, 0.2) is 30.1 Å². The van der Waals surface area contributed by atoms with E-state index in [1.54, 1.807) is 18.3 Å². The van der Waals surface area contributed by atoms with Gasteiger partial charge in [0.1, 0.15) is 17.9 Å². The molecule has 0 radical (unpaired) electrons. The number of aromatic nitrogens is 1. The third-order valence-electron chi connectivity index (χ3n) is 5.58. The minimum atomic E-state index is -4.46. The van der Waals surface area contributed by atoms with Crippen LogP contribution < -0.4 is 15.5 Å². The Bertz CT molecular complexity index is 927. The molecule has 2 atom stereocenters. The van der Waals surface area contributed by atoms with Gasteiger partial charge in [-0.25, -0.2) is 4.98 Å². The van der Waals surface area contributed by atoms with Crippen molar-refractivity contribution in [3.8, 4) is 0 Å². The van der Waals surface area contributed by atoms with E-state index in [-0.39, 0.29) is 11.2 Å². The maximum absolute atomic E-state index is 13.0. The lowest BCUT2D eigenvalue weighted by Crippen LogP contribution is -2.47. The number of amides is 2. The van der Waals surface area contributed by atoms with Crippen LogP contribution in [-0.2, 0) is 14.4 Å². The lowest BCUT2D eigenvalue weighted by atomic mass is 9.88. The average Bonchev–Trinajstić information content (AvgIpc) is 2.91. The van der Waals surface area contributed by atoms with E-state index in [0.717, 1.165) is 12.1 Å². The maximum atomic E-state index is 13.0. The molecular weight excluding hydrogens is 413 g/mol. The largest absolute Gasteiger partial charge is 0.389 e. The van der Waals surface area contributed by atoms with Crippen molar-refractivity contribution in [2.75, 3.05) is 11.4 Å². The van der Waals surface area contributed by atoms with Crippen LogP contribution >= 0.6 is 0 Å². The second-order valence-corrected chi connectivity index (χ2v) is 8.48. The molecule has 1 fully saturated rings. The number of carbonyl (C=O) groups excluding carboxylic acids is 3. The Morgan fingerprint density at radius 2 is 2.06 bits per heavy atom. The lowest BCUT2D eigenvalue weighted by molar-refractivity contribution is -0.144. The molecule has 3 heterocycles. The predicted octanol–water partition coefficient (Wildman–Crippen LogP) is 2.79. The van der Waals surface area contributed by atoms with Gasteiger partial charge < -0.3 is 15.5 Å². The summed E-state index contributed by atoms with van der Waals surface area (Å²) in [5.41, 5.74) is 1.12. The molecule has 2 amide bonds. The van der Waals surface area contributed by atoms with Crippen molar-refractivity contribution < 1.29 is 27.6 Å². The Kier molecular flexibility index (Phi) is 6.11. The van der Waals surface area contributed by atoms with Crippen LogP contribution in [0.2, 0.25) is 0 Å². The zero-order valence-electron chi connectivity index (χ0n) is 17.5. The first-order valence-corrected chi connectivity index (χ1v) is 10.0. The molecule has 3 rings (SSSR count). The Labute approximate surface area is 178 Å². The normalized spacial score (nSPS) is 20.8. The third-order valence-corrected chi connectivity index (χ3v) is 5.58. The highest BCUT2D eigenvalue weighted by Crippen LogP contribution is 2.45. The monoisotopic (exact) mass is 438 g/mol. The van der Waals surface area contributed by atoms with Gasteiger partial charge in [0.05, 0.1) is 6.42 Å². The van der Waals surface area contributed by atoms with Crippen LogP contribution in [0.1, 0.15) is 51.6 Å². The van der Waals surface area contributed by atoms with Crippen LogP contribution in [0.3, 0.4) is 0 Å². The Morgan fingerprint density at radius 3 is 2.74 bits per heavy atom. The summed E-state index contributed by atoms with van der Waals surface area (Å²) in [4.78, 5) is 43.8. The van der Waals surface area contributed by atoms with Gasteiger partial charge in [-0.05, 0) is 19.4 Å². The Balaban J connectivity index is 1.77. The van der Waals surface area contributed by atoms with Gasteiger partial charge in [0, 0.05) is 41.9 Å². The summed E-state index contributed by atoms with van der Waals surface area (Å²) in [6.07, 6.45) is -2.52. The van der Waals surface area contributed by atoms with E-state index in [2.05, 4.69) is 15.6 Å². The zero-order chi connectivity index (χ0) is 23.0. The second kappa shape index (κ2) is 8.32. The number of nitrogens with zero attached hydrogens (tertiary/aromatic N) is 2. The fourth-order valence-corrected chi connectivity index (χ4v) is 3.78. The minimum absolute atomic E-state index is 0.233. The lowest BCUT2D eigenvalue weighted by Gasteiger charge is -2.25. The highest BCUT2D eigenvalue weighted by Gasteiger charge is 2.41. The number of rotatable bonds is 5. The van der Waals surface area contributed by atoms with E-state index in [1.165, 1.54) is 13.0 Å². The summed E-state index contributed by atoms with van der Waals surface area (Å²) in [5.74, 6) is -1.31. The van der Waals surface area contributed by atoms with E-state index in [4.69, 9.17) is 0 Å². The summed E-state index contributed by atoms with van der Waals surface area (Å²) in [6.45, 7) is 6.10. The number of allylic oxidation sites excluding steroid dienone is 1. The Hall–Kier alpha value is -2.91. The van der Waals surface area contributed by atoms with Gasteiger partial charge in [0.15, 0.2) is 5.78 Å². The molecule has 0 spiro atoms. The molecule has 31 heavy (non-hydrogen) atoms. The quantitative estimate of drug-likeness (QED) is 0.738. The number of nitrogens with one attached hydrogen (secondary N) is 2. The molecule has 7 nitrogen and oxygen atoms in total. The van der Waals surface area contributed by atoms with Crippen LogP contribution in [-0.4, -0.2) is 41.3 Å². The van der Waals surface area contributed by atoms with Crippen molar-refractivity contribution in [2.45, 2.75) is 58.3 Å². The summed E-state index contributed by atoms with van der Waals surface area (Å²) in [6, 6.07) is 1.25. The fraction of sp³-hybridized carbons (Fsp3) is 0.524. The van der Waals surface area contributed by atoms with Crippen molar-refractivity contribution in [2.24, 2.45) is 5.41 Å². The third kappa shape index (κ3) is 5.05. The number of anilines is 1. The summed E-state index contributed by atoms with van der Waals surface area (Å²) >= 11 is 0. The van der Waals surface area contributed by atoms with Gasteiger partial charge in [-0.3, -0.25) is 14.4 Å². The topological polar surface area (TPSA) is 91.4 Å². The number of fused-ring (bicyclic) bond motifs is 3. The van der Waals surface area contributed by atoms with Crippen LogP contribution in [0.25, 0.3) is 0 Å². The van der Waals surface area contributed by atoms with Gasteiger partial charge in [0.2, 0.25) is 11.8 Å². The van der Waals surface area contributed by atoms with Gasteiger partial charge in [0.25, 0.3) is 0 Å².